The number of aliphatic imine (C=N–C) groups is 1. The first kappa shape index (κ1) is 28.7. The Morgan fingerprint density at radius 1 is 1.10 bits per heavy atom. The van der Waals surface area contributed by atoms with Crippen molar-refractivity contribution in [2.75, 3.05) is 43.5 Å². The second-order valence-corrected chi connectivity index (χ2v) is 10.9. The van der Waals surface area contributed by atoms with Crippen molar-refractivity contribution in [2.45, 2.75) is 6.92 Å². The van der Waals surface area contributed by atoms with Crippen LogP contribution in [0.1, 0.15) is 6.92 Å². The van der Waals surface area contributed by atoms with E-state index < -0.39 is 15.9 Å². The van der Waals surface area contributed by atoms with Crippen LogP contribution in [0.2, 0.25) is 10.0 Å². The maximum Gasteiger partial charge on any atom is 0.336 e. The molecule has 2 aromatic carbocycles. The van der Waals surface area contributed by atoms with Crippen molar-refractivity contribution in [2.24, 2.45) is 4.99 Å². The molecule has 0 bridgehead atoms. The minimum absolute atomic E-state index is 0.218. The van der Waals surface area contributed by atoms with Gasteiger partial charge in [0, 0.05) is 54.5 Å². The highest BCUT2D eigenvalue weighted by atomic mass is 35.5. The van der Waals surface area contributed by atoms with E-state index in [9.17, 15) is 17.8 Å². The van der Waals surface area contributed by atoms with Crippen LogP contribution in [0, 0.1) is 0 Å². The Bertz CT molecular complexity index is 1660. The monoisotopic (exact) mass is 591 g/mol. The lowest BCUT2D eigenvalue weighted by Gasteiger charge is -2.34. The minimum Gasteiger partial charge on any atom is -0.413 e. The molecule has 0 atom stereocenters. The van der Waals surface area contributed by atoms with E-state index in [2.05, 4.69) is 16.9 Å². The molecule has 3 aromatic rings. The molecule has 0 radical (unpaired) electrons. The summed E-state index contributed by atoms with van der Waals surface area (Å²) < 4.78 is 33.9. The molecule has 13 heteroatoms. The van der Waals surface area contributed by atoms with Gasteiger partial charge in [0.25, 0.3) is 5.56 Å². The SMILES string of the molecule is C=c1/c(=C\N=C(C)Nc2ccc(N3CCN(S(=O)(=O)O)CC3)cc2)cc(-c2c(Cl)cccc2Cl)c(=O)n1OC. The van der Waals surface area contributed by atoms with E-state index in [0.717, 1.165) is 20.4 Å². The second kappa shape index (κ2) is 11.8. The van der Waals surface area contributed by atoms with E-state index >= 15 is 0 Å². The van der Waals surface area contributed by atoms with Gasteiger partial charge >= 0.3 is 10.3 Å². The third-order valence-electron chi connectivity index (χ3n) is 6.23. The number of amidine groups is 1. The highest BCUT2D eigenvalue weighted by Gasteiger charge is 2.25. The molecule has 2 heterocycles. The number of hydrogen-bond donors (Lipinski definition) is 2. The van der Waals surface area contributed by atoms with E-state index in [1.54, 1.807) is 37.4 Å². The Kier molecular flexibility index (Phi) is 8.67. The zero-order chi connectivity index (χ0) is 28.3. The van der Waals surface area contributed by atoms with Gasteiger partial charge in [-0.2, -0.15) is 12.7 Å². The lowest BCUT2D eigenvalue weighted by atomic mass is 10.1. The van der Waals surface area contributed by atoms with E-state index in [1.165, 1.54) is 7.11 Å². The van der Waals surface area contributed by atoms with Crippen LogP contribution in [0.4, 0.5) is 11.4 Å². The third kappa shape index (κ3) is 6.45. The molecular weight excluding hydrogens is 565 g/mol. The van der Waals surface area contributed by atoms with Crippen LogP contribution in [0.15, 0.2) is 58.3 Å². The van der Waals surface area contributed by atoms with Crippen LogP contribution in [-0.4, -0.2) is 61.1 Å². The summed E-state index contributed by atoms with van der Waals surface area (Å²) in [5.41, 5.74) is 1.92. The van der Waals surface area contributed by atoms with E-state index in [-0.39, 0.29) is 18.7 Å². The number of pyridine rings is 1. The number of nitrogens with one attached hydrogen (secondary N) is 1. The quantitative estimate of drug-likeness (QED) is 0.257. The molecule has 1 saturated heterocycles. The number of hydrogen-bond acceptors (Lipinski definition) is 6. The number of aromatic nitrogens is 1. The van der Waals surface area contributed by atoms with Crippen LogP contribution in [0.3, 0.4) is 0 Å². The van der Waals surface area contributed by atoms with Crippen molar-refractivity contribution in [1.29, 1.82) is 0 Å². The highest BCUT2D eigenvalue weighted by Crippen LogP contribution is 2.32. The summed E-state index contributed by atoms with van der Waals surface area (Å²) in [7, 11) is -2.80. The number of benzene rings is 2. The minimum atomic E-state index is -4.17. The molecule has 1 aliphatic rings. The smallest absolute Gasteiger partial charge is 0.336 e. The predicted molar refractivity (Wildman–Crippen MR) is 156 cm³/mol. The Hall–Kier alpha value is -3.35. The molecule has 10 nitrogen and oxygen atoms in total. The van der Waals surface area contributed by atoms with Crippen molar-refractivity contribution in [3.63, 3.8) is 0 Å². The molecule has 2 N–H and O–H groups in total. The molecule has 0 spiro atoms. The lowest BCUT2D eigenvalue weighted by molar-refractivity contribution is 0.149. The van der Waals surface area contributed by atoms with Gasteiger partial charge in [-0.15, -0.1) is 4.73 Å². The van der Waals surface area contributed by atoms with E-state index in [0.29, 0.717) is 45.1 Å². The second-order valence-electron chi connectivity index (χ2n) is 8.72. The summed E-state index contributed by atoms with van der Waals surface area (Å²) in [4.78, 5) is 24.8. The Morgan fingerprint density at radius 2 is 1.72 bits per heavy atom. The average molecular weight is 593 g/mol. The third-order valence-corrected chi connectivity index (χ3v) is 7.88. The Labute approximate surface area is 235 Å². The van der Waals surface area contributed by atoms with Gasteiger partial charge in [0.15, 0.2) is 0 Å². The first-order valence-corrected chi connectivity index (χ1v) is 14.0. The van der Waals surface area contributed by atoms with Crippen LogP contribution in [-0.2, 0) is 10.3 Å². The Balaban J connectivity index is 1.55. The summed E-state index contributed by atoms with van der Waals surface area (Å²) in [5.74, 6) is 0.580. The topological polar surface area (TPSA) is 116 Å². The van der Waals surface area contributed by atoms with Gasteiger partial charge in [-0.05, 0) is 49.4 Å². The standard InChI is InChI=1S/C26H27Cl2N5O5S/c1-17-19(15-22(26(34)33(17)38-3)25-23(27)5-4-6-24(25)28)16-29-18(2)30-20-7-9-21(10-8-20)31-11-13-32(14-12-31)39(35,36)37/h4-10,15-16H,1,11-14H2,2-3H3,(H,29,30)(H,35,36,37)/b19-16-. The molecule has 0 unspecified atom stereocenters. The fourth-order valence-electron chi connectivity index (χ4n) is 4.23. The largest absolute Gasteiger partial charge is 0.413 e. The molecule has 39 heavy (non-hydrogen) atoms. The number of nitrogens with zero attached hydrogens (tertiary/aromatic N) is 4. The lowest BCUT2D eigenvalue weighted by Crippen LogP contribution is -2.48. The van der Waals surface area contributed by atoms with Crippen molar-refractivity contribution in [1.82, 2.24) is 9.04 Å². The average Bonchev–Trinajstić information content (AvgIpc) is 2.89. The summed E-state index contributed by atoms with van der Waals surface area (Å²) in [6, 6.07) is 14.2. The number of piperazine rings is 1. The molecule has 1 fully saturated rings. The zero-order valence-corrected chi connectivity index (χ0v) is 23.6. The maximum absolute atomic E-state index is 13.0. The van der Waals surface area contributed by atoms with Crippen LogP contribution in [0.25, 0.3) is 23.9 Å². The number of halogens is 2. The van der Waals surface area contributed by atoms with Gasteiger partial charge in [-0.25, -0.2) is 4.99 Å². The van der Waals surface area contributed by atoms with Gasteiger partial charge < -0.3 is 15.1 Å². The van der Waals surface area contributed by atoms with Crippen LogP contribution >= 0.6 is 23.2 Å². The summed E-state index contributed by atoms with van der Waals surface area (Å²) >= 11 is 12.7. The van der Waals surface area contributed by atoms with Gasteiger partial charge in [0.05, 0.1) is 21.0 Å². The Morgan fingerprint density at radius 3 is 2.28 bits per heavy atom. The first-order valence-electron chi connectivity index (χ1n) is 11.8. The molecular formula is C26H27Cl2N5O5S. The summed E-state index contributed by atoms with van der Waals surface area (Å²) in [5, 5.41) is 4.71. The van der Waals surface area contributed by atoms with Gasteiger partial charge in [-0.3, -0.25) is 9.35 Å². The fourth-order valence-corrected chi connectivity index (χ4v) is 5.45. The van der Waals surface area contributed by atoms with Crippen molar-refractivity contribution >= 4 is 63.5 Å². The van der Waals surface area contributed by atoms with Gasteiger partial charge in [-0.1, -0.05) is 35.8 Å². The number of anilines is 2. The molecule has 206 valence electrons. The summed E-state index contributed by atoms with van der Waals surface area (Å²) in [6.45, 7) is 7.13. The predicted octanol–water partition coefficient (Wildman–Crippen LogP) is 2.48. The molecule has 4 rings (SSSR count). The van der Waals surface area contributed by atoms with Crippen molar-refractivity contribution < 1.29 is 17.8 Å². The number of rotatable bonds is 6. The fraction of sp³-hybridized carbons (Fsp3) is 0.231. The van der Waals surface area contributed by atoms with E-state index in [1.807, 2.05) is 29.2 Å². The van der Waals surface area contributed by atoms with Crippen LogP contribution in [0.5, 0.6) is 0 Å². The van der Waals surface area contributed by atoms with E-state index in [4.69, 9.17) is 28.0 Å². The molecule has 1 aromatic heterocycles. The first-order chi connectivity index (χ1) is 18.5. The van der Waals surface area contributed by atoms with Crippen molar-refractivity contribution in [3.8, 4) is 11.1 Å². The molecule has 0 aliphatic carbocycles. The molecule has 1 aliphatic heterocycles. The van der Waals surface area contributed by atoms with Gasteiger partial charge in [0.2, 0.25) is 0 Å². The van der Waals surface area contributed by atoms with Crippen LogP contribution < -0.4 is 31.2 Å². The maximum atomic E-state index is 13.0. The van der Waals surface area contributed by atoms with Crippen molar-refractivity contribution in [3.05, 3.63) is 79.5 Å². The normalized spacial score (nSPS) is 15.5. The molecule has 0 saturated carbocycles. The zero-order valence-electron chi connectivity index (χ0n) is 21.3. The summed E-state index contributed by atoms with van der Waals surface area (Å²) in [6.07, 6.45) is 1.57. The molecule has 0 amide bonds. The van der Waals surface area contributed by atoms with Gasteiger partial charge in [0.1, 0.15) is 12.9 Å². The highest BCUT2D eigenvalue weighted by molar-refractivity contribution is 7.83.